The van der Waals surface area contributed by atoms with Gasteiger partial charge in [-0.25, -0.2) is 0 Å². The van der Waals surface area contributed by atoms with E-state index in [2.05, 4.69) is 27.7 Å². The van der Waals surface area contributed by atoms with Crippen LogP contribution in [0.2, 0.25) is 0 Å². The quantitative estimate of drug-likeness (QED) is 0.406. The fourth-order valence-electron chi connectivity index (χ4n) is 7.98. The summed E-state index contributed by atoms with van der Waals surface area (Å²) in [6, 6.07) is 0. The highest BCUT2D eigenvalue weighted by Gasteiger charge is 2.73. The lowest BCUT2D eigenvalue weighted by molar-refractivity contribution is -0.296. The zero-order valence-electron chi connectivity index (χ0n) is 23.0. The van der Waals surface area contributed by atoms with E-state index in [1.165, 1.54) is 20.8 Å². The summed E-state index contributed by atoms with van der Waals surface area (Å²) in [7, 11) is 1.69. The smallest absolute Gasteiger partial charge is 0.303 e. The molecule has 11 atom stereocenters. The summed E-state index contributed by atoms with van der Waals surface area (Å²) >= 11 is 0. The normalized spacial score (nSPS) is 47.5. The molecular weight excluding hydrogens is 468 g/mol. The maximum atomic E-state index is 12.5. The number of methoxy groups -OCH3 is 1. The first-order valence-corrected chi connectivity index (χ1v) is 13.1. The topological polar surface area (TPSA) is 107 Å². The van der Waals surface area contributed by atoms with Gasteiger partial charge in [-0.2, -0.15) is 0 Å². The molecule has 3 saturated heterocycles. The number of carbonyl (C=O) groups excluding carboxylic acids is 3. The first-order chi connectivity index (χ1) is 16.7. The monoisotopic (exact) mass is 510 g/mol. The molecule has 4 bridgehead atoms. The molecule has 0 aromatic carbocycles. The average molecular weight is 511 g/mol. The maximum Gasteiger partial charge on any atom is 0.303 e. The Morgan fingerprint density at radius 1 is 0.972 bits per heavy atom. The third-order valence-corrected chi connectivity index (χ3v) is 9.22. The molecule has 0 aromatic heterocycles. The van der Waals surface area contributed by atoms with Crippen molar-refractivity contribution in [2.45, 2.75) is 116 Å². The van der Waals surface area contributed by atoms with Gasteiger partial charge in [-0.3, -0.25) is 14.4 Å². The second kappa shape index (κ2) is 9.24. The van der Waals surface area contributed by atoms with E-state index in [9.17, 15) is 14.4 Å². The van der Waals surface area contributed by atoms with E-state index >= 15 is 0 Å². The number of hydrogen-bond donors (Lipinski definition) is 0. The number of rotatable bonds is 5. The lowest BCUT2D eigenvalue weighted by atomic mass is 9.55. The molecule has 0 spiro atoms. The van der Waals surface area contributed by atoms with E-state index in [-0.39, 0.29) is 41.8 Å². The van der Waals surface area contributed by atoms with Crippen LogP contribution >= 0.6 is 0 Å². The van der Waals surface area contributed by atoms with Gasteiger partial charge in [0.1, 0.15) is 6.10 Å². The summed E-state index contributed by atoms with van der Waals surface area (Å²) in [5, 5.41) is 0. The molecule has 0 unspecified atom stereocenters. The van der Waals surface area contributed by atoms with Gasteiger partial charge in [0.15, 0.2) is 17.5 Å². The molecule has 9 heteroatoms. The number of fused-ring (bicyclic) bond motifs is 8. The number of esters is 3. The minimum Gasteiger partial charge on any atom is -0.458 e. The molecule has 0 radical (unpaired) electrons. The van der Waals surface area contributed by atoms with E-state index in [0.29, 0.717) is 6.42 Å². The molecule has 9 nitrogen and oxygen atoms in total. The van der Waals surface area contributed by atoms with E-state index in [4.69, 9.17) is 28.4 Å². The SMILES string of the molecule is CO[C@]12CC[C@](C)(O1)[C@@H]1O[C@H](C[C@H]2C)[C@@H]2[C@H]1[C@@H](C(C)C)[C@H](OC(C)=O)[C@H](OC(C)=O)[C@@]2(C)OC(C)=O. The zero-order chi connectivity index (χ0) is 26.8. The van der Waals surface area contributed by atoms with Crippen molar-refractivity contribution in [2.75, 3.05) is 7.11 Å². The molecule has 3 aliphatic heterocycles. The largest absolute Gasteiger partial charge is 0.458 e. The fraction of sp³-hybridized carbons (Fsp3) is 0.889. The van der Waals surface area contributed by atoms with Crippen molar-refractivity contribution in [3.05, 3.63) is 0 Å². The third kappa shape index (κ3) is 4.15. The number of hydrogen-bond acceptors (Lipinski definition) is 9. The Morgan fingerprint density at radius 2 is 1.61 bits per heavy atom. The van der Waals surface area contributed by atoms with Gasteiger partial charge in [-0.05, 0) is 32.6 Å². The first-order valence-electron chi connectivity index (χ1n) is 13.1. The van der Waals surface area contributed by atoms with Crippen LogP contribution in [0, 0.1) is 29.6 Å². The maximum absolute atomic E-state index is 12.5. The Balaban J connectivity index is 1.93. The summed E-state index contributed by atoms with van der Waals surface area (Å²) in [5.41, 5.74) is -1.94. The van der Waals surface area contributed by atoms with Crippen molar-refractivity contribution in [1.82, 2.24) is 0 Å². The summed E-state index contributed by atoms with van der Waals surface area (Å²) in [6.07, 6.45) is -0.344. The van der Waals surface area contributed by atoms with E-state index in [1.807, 2.05) is 0 Å². The number of carbonyl (C=O) groups is 3. The summed E-state index contributed by atoms with van der Waals surface area (Å²) < 4.78 is 37.5. The van der Waals surface area contributed by atoms with Crippen LogP contribution in [0.4, 0.5) is 0 Å². The number of ether oxygens (including phenoxy) is 6. The van der Waals surface area contributed by atoms with Crippen LogP contribution in [0.25, 0.3) is 0 Å². The Bertz CT molecular complexity index is 904. The summed E-state index contributed by atoms with van der Waals surface area (Å²) in [5.74, 6) is -2.92. The Kier molecular flexibility index (Phi) is 7.01. The Hall–Kier alpha value is -1.71. The molecular formula is C27H42O9. The molecule has 1 aliphatic carbocycles. The fourth-order valence-corrected chi connectivity index (χ4v) is 7.98. The summed E-state index contributed by atoms with van der Waals surface area (Å²) in [6.45, 7) is 14.1. The molecule has 3 heterocycles. The van der Waals surface area contributed by atoms with Crippen molar-refractivity contribution < 1.29 is 42.8 Å². The lowest BCUT2D eigenvalue weighted by Crippen LogP contribution is -2.69. The third-order valence-electron chi connectivity index (χ3n) is 9.22. The molecule has 36 heavy (non-hydrogen) atoms. The van der Waals surface area contributed by atoms with Crippen LogP contribution < -0.4 is 0 Å². The standard InChI is InChI=1S/C27H42O9/c1-13(2)19-20-21(18-12-14(3)27(31-9)11-10-25(7,36-27)23(20)34-18)26(8,35-17(6)30)24(33-16(5)29)22(19)32-15(4)28/h13-14,18-24H,10-12H2,1-9H3/t14-,18-,19-,20-,21-,22+,23-,24+,25+,26+,27-/m1/s1. The summed E-state index contributed by atoms with van der Waals surface area (Å²) in [4.78, 5) is 37.2. The van der Waals surface area contributed by atoms with Gasteiger partial charge in [0.2, 0.25) is 0 Å². The van der Waals surface area contributed by atoms with E-state index in [0.717, 1.165) is 12.8 Å². The Labute approximate surface area is 213 Å². The van der Waals surface area contributed by atoms with Crippen LogP contribution in [0.3, 0.4) is 0 Å². The van der Waals surface area contributed by atoms with Crippen LogP contribution in [0.15, 0.2) is 0 Å². The minimum atomic E-state index is -1.28. The molecule has 0 amide bonds. The van der Waals surface area contributed by atoms with Crippen LogP contribution in [0.5, 0.6) is 0 Å². The predicted molar refractivity (Wildman–Crippen MR) is 127 cm³/mol. The minimum absolute atomic E-state index is 0.00599. The van der Waals surface area contributed by atoms with Crippen molar-refractivity contribution in [3.63, 3.8) is 0 Å². The molecule has 4 fully saturated rings. The predicted octanol–water partition coefficient (Wildman–Crippen LogP) is 3.41. The Morgan fingerprint density at radius 3 is 2.14 bits per heavy atom. The zero-order valence-corrected chi connectivity index (χ0v) is 23.0. The molecule has 0 N–H and O–H groups in total. The highest BCUT2D eigenvalue weighted by Crippen LogP contribution is 2.62. The lowest BCUT2D eigenvalue weighted by Gasteiger charge is -2.55. The van der Waals surface area contributed by atoms with Gasteiger partial charge in [0, 0.05) is 58.0 Å². The molecule has 0 aromatic rings. The van der Waals surface area contributed by atoms with Gasteiger partial charge < -0.3 is 28.4 Å². The molecule has 1 saturated carbocycles. The highest BCUT2D eigenvalue weighted by molar-refractivity contribution is 5.69. The van der Waals surface area contributed by atoms with Gasteiger partial charge in [-0.1, -0.05) is 20.8 Å². The van der Waals surface area contributed by atoms with Crippen LogP contribution in [-0.4, -0.2) is 66.4 Å². The second-order valence-electron chi connectivity index (χ2n) is 12.0. The molecule has 4 rings (SSSR count). The van der Waals surface area contributed by atoms with Gasteiger partial charge in [0.25, 0.3) is 0 Å². The van der Waals surface area contributed by atoms with Gasteiger partial charge >= 0.3 is 17.9 Å². The van der Waals surface area contributed by atoms with E-state index < -0.39 is 47.1 Å². The van der Waals surface area contributed by atoms with Crippen molar-refractivity contribution in [3.8, 4) is 0 Å². The first kappa shape index (κ1) is 27.3. The van der Waals surface area contributed by atoms with Crippen LogP contribution in [0.1, 0.15) is 74.7 Å². The molecule has 4 aliphatic rings. The van der Waals surface area contributed by atoms with E-state index in [1.54, 1.807) is 14.0 Å². The molecule has 204 valence electrons. The van der Waals surface area contributed by atoms with Crippen molar-refractivity contribution in [2.24, 2.45) is 29.6 Å². The van der Waals surface area contributed by atoms with Gasteiger partial charge in [-0.15, -0.1) is 0 Å². The average Bonchev–Trinajstić information content (AvgIpc) is 3.31. The van der Waals surface area contributed by atoms with Crippen LogP contribution in [-0.2, 0) is 42.8 Å². The second-order valence-corrected chi connectivity index (χ2v) is 12.0. The van der Waals surface area contributed by atoms with Crippen molar-refractivity contribution in [1.29, 1.82) is 0 Å². The van der Waals surface area contributed by atoms with Gasteiger partial charge in [0.05, 0.1) is 17.8 Å². The van der Waals surface area contributed by atoms with Crippen molar-refractivity contribution >= 4 is 17.9 Å². The highest BCUT2D eigenvalue weighted by atomic mass is 16.7.